The molecule has 0 unspecified atom stereocenters. The third-order valence-corrected chi connectivity index (χ3v) is 3.83. The maximum atomic E-state index is 13.0. The molecular weight excluding hydrogens is 369 g/mol. The van der Waals surface area contributed by atoms with E-state index in [1.54, 1.807) is 7.11 Å². The number of ether oxygens (including phenoxy) is 1. The molecule has 0 saturated heterocycles. The first-order valence-corrected chi connectivity index (χ1v) is 8.18. The molecule has 0 aromatic heterocycles. The number of amides is 1. The molecule has 26 heavy (non-hydrogen) atoms. The fourth-order valence-corrected chi connectivity index (χ4v) is 2.52. The lowest BCUT2D eigenvalue weighted by atomic mass is 10.1. The highest BCUT2D eigenvalue weighted by atomic mass is 35.5. The van der Waals surface area contributed by atoms with Gasteiger partial charge in [-0.15, -0.1) is 0 Å². The lowest BCUT2D eigenvalue weighted by Gasteiger charge is -2.14. The average Bonchev–Trinajstić information content (AvgIpc) is 2.59. The summed E-state index contributed by atoms with van der Waals surface area (Å²) in [5, 5.41) is 5.30. The van der Waals surface area contributed by atoms with E-state index in [4.69, 9.17) is 16.3 Å². The number of nitrogens with one attached hydrogen (secondary N) is 2. The summed E-state index contributed by atoms with van der Waals surface area (Å²) in [6, 6.07) is 10.7. The van der Waals surface area contributed by atoms with E-state index in [9.17, 15) is 18.0 Å². The standard InChI is InChI=1S/C18H18ClF3N2O2/c1-26-16-5-3-2-4-12(16)11-23-9-8-17(25)24-15-7-6-13(19)10-14(15)18(20,21)22/h2-7,10,23H,8-9,11H2,1H3,(H,24,25). The monoisotopic (exact) mass is 386 g/mol. The number of hydrogen-bond acceptors (Lipinski definition) is 3. The van der Waals surface area contributed by atoms with Gasteiger partial charge in [-0.1, -0.05) is 29.8 Å². The summed E-state index contributed by atoms with van der Waals surface area (Å²) in [6.07, 6.45) is -4.58. The first-order valence-electron chi connectivity index (χ1n) is 7.80. The van der Waals surface area contributed by atoms with Gasteiger partial charge in [0.15, 0.2) is 0 Å². The van der Waals surface area contributed by atoms with Gasteiger partial charge in [0.2, 0.25) is 5.91 Å². The van der Waals surface area contributed by atoms with Crippen molar-refractivity contribution in [2.24, 2.45) is 0 Å². The average molecular weight is 387 g/mol. The first-order chi connectivity index (χ1) is 12.3. The van der Waals surface area contributed by atoms with E-state index in [0.29, 0.717) is 13.1 Å². The molecule has 1 amide bonds. The molecule has 4 nitrogen and oxygen atoms in total. The van der Waals surface area contributed by atoms with Gasteiger partial charge >= 0.3 is 6.18 Å². The lowest BCUT2D eigenvalue weighted by molar-refractivity contribution is -0.137. The lowest BCUT2D eigenvalue weighted by Crippen LogP contribution is -2.23. The number of alkyl halides is 3. The number of methoxy groups -OCH3 is 1. The van der Waals surface area contributed by atoms with Gasteiger partial charge in [-0.05, 0) is 24.3 Å². The second-order valence-electron chi connectivity index (χ2n) is 5.47. The molecule has 0 bridgehead atoms. The summed E-state index contributed by atoms with van der Waals surface area (Å²) < 4.78 is 44.3. The van der Waals surface area contributed by atoms with Crippen LogP contribution in [-0.4, -0.2) is 19.6 Å². The number of carbonyl (C=O) groups is 1. The molecule has 0 spiro atoms. The molecule has 2 rings (SSSR count). The SMILES string of the molecule is COc1ccccc1CNCCC(=O)Nc1ccc(Cl)cc1C(F)(F)F. The summed E-state index contributed by atoms with van der Waals surface area (Å²) in [6.45, 7) is 0.783. The zero-order valence-corrected chi connectivity index (χ0v) is 14.7. The Morgan fingerprint density at radius 2 is 1.92 bits per heavy atom. The van der Waals surface area contributed by atoms with E-state index in [-0.39, 0.29) is 17.1 Å². The van der Waals surface area contributed by atoms with Crippen LogP contribution >= 0.6 is 11.6 Å². The topological polar surface area (TPSA) is 50.4 Å². The highest BCUT2D eigenvalue weighted by Crippen LogP contribution is 2.36. The third kappa shape index (κ3) is 5.64. The molecule has 140 valence electrons. The maximum absolute atomic E-state index is 13.0. The van der Waals surface area contributed by atoms with Gasteiger partial charge in [0.1, 0.15) is 5.75 Å². The molecule has 0 heterocycles. The van der Waals surface area contributed by atoms with Gasteiger partial charge in [-0.3, -0.25) is 4.79 Å². The van der Waals surface area contributed by atoms with E-state index in [1.807, 2.05) is 24.3 Å². The Hall–Kier alpha value is -2.25. The highest BCUT2D eigenvalue weighted by molar-refractivity contribution is 6.30. The predicted octanol–water partition coefficient (Wildman–Crippen LogP) is 4.49. The second-order valence-corrected chi connectivity index (χ2v) is 5.91. The van der Waals surface area contributed by atoms with Gasteiger partial charge in [-0.25, -0.2) is 0 Å². The van der Waals surface area contributed by atoms with Crippen LogP contribution in [0.25, 0.3) is 0 Å². The van der Waals surface area contributed by atoms with Crippen molar-refractivity contribution < 1.29 is 22.7 Å². The minimum absolute atomic E-state index is 0.0229. The summed E-state index contributed by atoms with van der Waals surface area (Å²) in [7, 11) is 1.57. The number of benzene rings is 2. The van der Waals surface area contributed by atoms with Crippen LogP contribution < -0.4 is 15.4 Å². The molecule has 2 N–H and O–H groups in total. The quantitative estimate of drug-likeness (QED) is 0.689. The Bertz CT molecular complexity index is 766. The molecule has 0 aliphatic rings. The van der Waals surface area contributed by atoms with Gasteiger partial charge in [0, 0.05) is 30.1 Å². The minimum atomic E-state index is -4.60. The minimum Gasteiger partial charge on any atom is -0.496 e. The normalized spacial score (nSPS) is 11.3. The van der Waals surface area contributed by atoms with Crippen molar-refractivity contribution in [3.8, 4) is 5.75 Å². The number of hydrogen-bond donors (Lipinski definition) is 2. The van der Waals surface area contributed by atoms with Crippen molar-refractivity contribution in [2.45, 2.75) is 19.1 Å². The van der Waals surface area contributed by atoms with E-state index in [1.165, 1.54) is 6.07 Å². The fourth-order valence-electron chi connectivity index (χ4n) is 2.35. The van der Waals surface area contributed by atoms with Crippen LogP contribution in [0.3, 0.4) is 0 Å². The van der Waals surface area contributed by atoms with Crippen molar-refractivity contribution in [2.75, 3.05) is 19.0 Å². The van der Waals surface area contributed by atoms with Crippen LogP contribution in [0.4, 0.5) is 18.9 Å². The van der Waals surface area contributed by atoms with Crippen LogP contribution in [-0.2, 0) is 17.5 Å². The Morgan fingerprint density at radius 1 is 1.19 bits per heavy atom. The Kier molecular flexibility index (Phi) is 6.88. The van der Waals surface area contributed by atoms with Crippen molar-refractivity contribution in [3.05, 3.63) is 58.6 Å². The van der Waals surface area contributed by atoms with Crippen molar-refractivity contribution in [1.29, 1.82) is 0 Å². The zero-order chi connectivity index (χ0) is 19.2. The molecule has 2 aromatic rings. The zero-order valence-electron chi connectivity index (χ0n) is 14.0. The number of anilines is 1. The second kappa shape index (κ2) is 8.91. The van der Waals surface area contributed by atoms with E-state index in [2.05, 4.69) is 10.6 Å². The molecule has 2 aromatic carbocycles. The summed E-state index contributed by atoms with van der Waals surface area (Å²) >= 11 is 5.61. The maximum Gasteiger partial charge on any atom is 0.418 e. The molecule has 0 saturated carbocycles. The van der Waals surface area contributed by atoms with Crippen molar-refractivity contribution in [3.63, 3.8) is 0 Å². The van der Waals surface area contributed by atoms with Crippen LogP contribution in [0, 0.1) is 0 Å². The van der Waals surface area contributed by atoms with Crippen LogP contribution in [0.1, 0.15) is 17.5 Å². The Balaban J connectivity index is 1.88. The molecule has 0 radical (unpaired) electrons. The van der Waals surface area contributed by atoms with Gasteiger partial charge < -0.3 is 15.4 Å². The Labute approximate surface area is 154 Å². The fraction of sp³-hybridized carbons (Fsp3) is 0.278. The van der Waals surface area contributed by atoms with Crippen LogP contribution in [0.2, 0.25) is 5.02 Å². The molecule has 0 aliphatic carbocycles. The summed E-state index contributed by atoms with van der Waals surface area (Å²) in [5.74, 6) is 0.200. The van der Waals surface area contributed by atoms with Gasteiger partial charge in [0.25, 0.3) is 0 Å². The third-order valence-electron chi connectivity index (χ3n) is 3.60. The predicted molar refractivity (Wildman–Crippen MR) is 94.4 cm³/mol. The van der Waals surface area contributed by atoms with E-state index < -0.39 is 17.6 Å². The van der Waals surface area contributed by atoms with Crippen molar-refractivity contribution in [1.82, 2.24) is 5.32 Å². The summed E-state index contributed by atoms with van der Waals surface area (Å²) in [5.41, 5.74) is -0.357. The number of carbonyl (C=O) groups excluding carboxylic acids is 1. The highest BCUT2D eigenvalue weighted by Gasteiger charge is 2.34. The van der Waals surface area contributed by atoms with Crippen LogP contribution in [0.5, 0.6) is 5.75 Å². The number of halogens is 4. The van der Waals surface area contributed by atoms with Gasteiger partial charge in [-0.2, -0.15) is 13.2 Å². The first kappa shape index (κ1) is 20.1. The number of para-hydroxylation sites is 1. The van der Waals surface area contributed by atoms with E-state index in [0.717, 1.165) is 23.4 Å². The smallest absolute Gasteiger partial charge is 0.418 e. The Morgan fingerprint density at radius 3 is 2.62 bits per heavy atom. The number of rotatable bonds is 7. The van der Waals surface area contributed by atoms with Crippen molar-refractivity contribution >= 4 is 23.2 Å². The largest absolute Gasteiger partial charge is 0.496 e. The molecule has 8 heteroatoms. The molecule has 0 aliphatic heterocycles. The molecule has 0 atom stereocenters. The van der Waals surface area contributed by atoms with Gasteiger partial charge in [0.05, 0.1) is 18.4 Å². The van der Waals surface area contributed by atoms with Crippen LogP contribution in [0.15, 0.2) is 42.5 Å². The summed E-state index contributed by atoms with van der Waals surface area (Å²) in [4.78, 5) is 11.9. The van der Waals surface area contributed by atoms with E-state index >= 15 is 0 Å². The molecular formula is C18H18ClF3N2O2. The molecule has 0 fully saturated rings.